The second kappa shape index (κ2) is 4.82. The predicted molar refractivity (Wildman–Crippen MR) is 64.7 cm³/mol. The fourth-order valence-electron chi connectivity index (χ4n) is 1.69. The second-order valence-corrected chi connectivity index (χ2v) is 3.63. The lowest BCUT2D eigenvalue weighted by Crippen LogP contribution is -2.19. The lowest BCUT2D eigenvalue weighted by Gasteiger charge is -2.05. The number of rotatable bonds is 3. The van der Waals surface area contributed by atoms with Gasteiger partial charge in [-0.25, -0.2) is 9.78 Å². The van der Waals surface area contributed by atoms with Crippen LogP contribution in [0.3, 0.4) is 0 Å². The maximum atomic E-state index is 11.6. The molecule has 2 heterocycles. The molecular formula is C11H13N5O2. The molecule has 0 spiro atoms. The third-order valence-corrected chi connectivity index (χ3v) is 2.56. The van der Waals surface area contributed by atoms with Crippen molar-refractivity contribution in [3.05, 3.63) is 39.9 Å². The first-order chi connectivity index (χ1) is 8.67. The number of carbonyl (C=O) groups is 1. The number of hydrogen-bond acceptors (Lipinski definition) is 4. The molecule has 0 fully saturated rings. The lowest BCUT2D eigenvalue weighted by atomic mass is 10.2. The first kappa shape index (κ1) is 12.0. The summed E-state index contributed by atoms with van der Waals surface area (Å²) in [6.07, 6.45) is 2.12. The molecule has 0 aliphatic rings. The van der Waals surface area contributed by atoms with Crippen LogP contribution in [-0.4, -0.2) is 32.9 Å². The van der Waals surface area contributed by atoms with E-state index in [1.807, 2.05) is 6.92 Å². The van der Waals surface area contributed by atoms with Crippen LogP contribution in [0.2, 0.25) is 0 Å². The maximum Gasteiger partial charge on any atom is 0.264 e. The Morgan fingerprint density at radius 3 is 2.83 bits per heavy atom. The van der Waals surface area contributed by atoms with Gasteiger partial charge in [0, 0.05) is 13.1 Å². The second-order valence-electron chi connectivity index (χ2n) is 3.63. The van der Waals surface area contributed by atoms with Crippen molar-refractivity contribution in [2.75, 3.05) is 7.05 Å². The van der Waals surface area contributed by atoms with Crippen molar-refractivity contribution in [2.45, 2.75) is 13.3 Å². The average molecular weight is 247 g/mol. The van der Waals surface area contributed by atoms with Crippen LogP contribution in [0.15, 0.2) is 23.1 Å². The van der Waals surface area contributed by atoms with Crippen LogP contribution >= 0.6 is 0 Å². The summed E-state index contributed by atoms with van der Waals surface area (Å²) in [5, 5.41) is 12.9. The zero-order valence-electron chi connectivity index (χ0n) is 10.1. The molecule has 1 amide bonds. The number of amides is 1. The molecule has 2 rings (SSSR count). The minimum atomic E-state index is -0.282. The summed E-state index contributed by atoms with van der Waals surface area (Å²) in [4.78, 5) is 22.6. The summed E-state index contributed by atoms with van der Waals surface area (Å²) >= 11 is 0. The molecule has 18 heavy (non-hydrogen) atoms. The van der Waals surface area contributed by atoms with E-state index in [9.17, 15) is 9.59 Å². The van der Waals surface area contributed by atoms with Gasteiger partial charge < -0.3 is 5.32 Å². The highest BCUT2D eigenvalue weighted by molar-refractivity contribution is 5.95. The first-order valence-corrected chi connectivity index (χ1v) is 5.52. The van der Waals surface area contributed by atoms with Gasteiger partial charge >= 0.3 is 0 Å². The van der Waals surface area contributed by atoms with Gasteiger partial charge in [0.15, 0.2) is 5.82 Å². The van der Waals surface area contributed by atoms with Crippen LogP contribution in [-0.2, 0) is 6.42 Å². The van der Waals surface area contributed by atoms with E-state index in [-0.39, 0.29) is 11.5 Å². The molecule has 0 atom stereocenters. The molecule has 2 aromatic heterocycles. The van der Waals surface area contributed by atoms with Gasteiger partial charge in [0.1, 0.15) is 0 Å². The Balaban J connectivity index is 2.52. The van der Waals surface area contributed by atoms with Crippen molar-refractivity contribution in [1.82, 2.24) is 25.3 Å². The molecule has 0 aliphatic heterocycles. The molecule has 2 N–H and O–H groups in total. The fourth-order valence-corrected chi connectivity index (χ4v) is 1.69. The predicted octanol–water partition coefficient (Wildman–Crippen LogP) is -0.122. The highest BCUT2D eigenvalue weighted by Crippen LogP contribution is 2.13. The lowest BCUT2D eigenvalue weighted by molar-refractivity contribution is 0.0962. The van der Waals surface area contributed by atoms with E-state index in [1.165, 1.54) is 12.3 Å². The van der Waals surface area contributed by atoms with Crippen molar-refractivity contribution in [3.63, 3.8) is 0 Å². The molecule has 2 aromatic rings. The van der Waals surface area contributed by atoms with Gasteiger partial charge in [-0.15, -0.1) is 0 Å². The highest BCUT2D eigenvalue weighted by Gasteiger charge is 2.16. The maximum absolute atomic E-state index is 11.6. The van der Waals surface area contributed by atoms with E-state index in [0.29, 0.717) is 17.8 Å². The minimum absolute atomic E-state index is 0.192. The van der Waals surface area contributed by atoms with Gasteiger partial charge in [0.05, 0.1) is 17.5 Å². The average Bonchev–Trinajstić information content (AvgIpc) is 2.82. The van der Waals surface area contributed by atoms with Gasteiger partial charge in [0.2, 0.25) is 0 Å². The van der Waals surface area contributed by atoms with Crippen LogP contribution in [0.4, 0.5) is 0 Å². The van der Waals surface area contributed by atoms with Crippen LogP contribution in [0, 0.1) is 0 Å². The Bertz CT molecular complexity index is 608. The quantitative estimate of drug-likeness (QED) is 0.790. The molecule has 0 aromatic carbocycles. The molecule has 0 saturated heterocycles. The van der Waals surface area contributed by atoms with Gasteiger partial charge in [-0.2, -0.15) is 10.2 Å². The largest absolute Gasteiger partial charge is 0.355 e. The van der Waals surface area contributed by atoms with Gasteiger partial charge in [-0.1, -0.05) is 6.92 Å². The molecule has 7 nitrogen and oxygen atoms in total. The number of hydrogen-bond donors (Lipinski definition) is 2. The Kier molecular flexibility index (Phi) is 3.22. The SMILES string of the molecule is CCc1c(C(=O)NC)cnn1-c1ccc(=O)[nH]n1. The van der Waals surface area contributed by atoms with Crippen molar-refractivity contribution in [3.8, 4) is 5.82 Å². The van der Waals surface area contributed by atoms with Crippen molar-refractivity contribution in [2.24, 2.45) is 0 Å². The fraction of sp³-hybridized carbons (Fsp3) is 0.273. The molecule has 94 valence electrons. The summed E-state index contributed by atoms with van der Waals surface area (Å²) < 4.78 is 1.54. The monoisotopic (exact) mass is 247 g/mol. The zero-order valence-corrected chi connectivity index (χ0v) is 10.1. The molecule has 0 saturated carbocycles. The Morgan fingerprint density at radius 2 is 2.28 bits per heavy atom. The van der Waals surface area contributed by atoms with Crippen molar-refractivity contribution in [1.29, 1.82) is 0 Å². The number of nitrogens with one attached hydrogen (secondary N) is 2. The number of H-pyrrole nitrogens is 1. The van der Waals surface area contributed by atoms with Gasteiger partial charge in [0.25, 0.3) is 11.5 Å². The molecule has 0 radical (unpaired) electrons. The molecule has 0 bridgehead atoms. The van der Waals surface area contributed by atoms with E-state index in [1.54, 1.807) is 17.8 Å². The molecule has 7 heteroatoms. The third-order valence-electron chi connectivity index (χ3n) is 2.56. The van der Waals surface area contributed by atoms with Crippen molar-refractivity contribution < 1.29 is 4.79 Å². The van der Waals surface area contributed by atoms with E-state index >= 15 is 0 Å². The molecule has 0 aliphatic carbocycles. The summed E-state index contributed by atoms with van der Waals surface area (Å²) in [6.45, 7) is 1.92. The van der Waals surface area contributed by atoms with Crippen molar-refractivity contribution >= 4 is 5.91 Å². The van der Waals surface area contributed by atoms with E-state index < -0.39 is 0 Å². The summed E-state index contributed by atoms with van der Waals surface area (Å²) in [5.41, 5.74) is 0.970. The number of aromatic amines is 1. The normalized spacial score (nSPS) is 10.3. The zero-order chi connectivity index (χ0) is 13.1. The Labute approximate surface area is 103 Å². The van der Waals surface area contributed by atoms with Crippen LogP contribution in [0.1, 0.15) is 23.0 Å². The Hall–Kier alpha value is -2.44. The summed E-state index contributed by atoms with van der Waals surface area (Å²) in [6, 6.07) is 2.92. The standard InChI is InChI=1S/C11H13N5O2/c1-3-8-7(11(18)12-2)6-13-16(8)9-4-5-10(17)15-14-9/h4-6H,3H2,1-2H3,(H,12,18)(H,15,17). The van der Waals surface area contributed by atoms with Crippen LogP contribution in [0.25, 0.3) is 5.82 Å². The van der Waals surface area contributed by atoms with Gasteiger partial charge in [-0.05, 0) is 12.5 Å². The van der Waals surface area contributed by atoms with E-state index in [4.69, 9.17) is 0 Å². The molecular weight excluding hydrogens is 234 g/mol. The Morgan fingerprint density at radius 1 is 1.50 bits per heavy atom. The number of nitrogens with zero attached hydrogens (tertiary/aromatic N) is 3. The smallest absolute Gasteiger partial charge is 0.264 e. The summed E-state index contributed by atoms with van der Waals surface area (Å²) in [7, 11) is 1.57. The minimum Gasteiger partial charge on any atom is -0.355 e. The van der Waals surface area contributed by atoms with E-state index in [2.05, 4.69) is 20.6 Å². The van der Waals surface area contributed by atoms with Crippen LogP contribution < -0.4 is 10.9 Å². The van der Waals surface area contributed by atoms with Gasteiger partial charge in [-0.3, -0.25) is 9.59 Å². The number of carbonyl (C=O) groups excluding carboxylic acids is 1. The summed E-state index contributed by atoms with van der Waals surface area (Å²) in [5.74, 6) is 0.282. The highest BCUT2D eigenvalue weighted by atomic mass is 16.1. The topological polar surface area (TPSA) is 92.7 Å². The molecule has 0 unspecified atom stereocenters. The third kappa shape index (κ3) is 2.02. The number of aromatic nitrogens is 4. The van der Waals surface area contributed by atoms with Crippen LogP contribution in [0.5, 0.6) is 0 Å². The first-order valence-electron chi connectivity index (χ1n) is 5.52. The van der Waals surface area contributed by atoms with E-state index in [0.717, 1.165) is 5.69 Å².